The van der Waals surface area contributed by atoms with Crippen LogP contribution in [0.25, 0.3) is 0 Å². The first kappa shape index (κ1) is 33.6. The van der Waals surface area contributed by atoms with Crippen LogP contribution < -0.4 is 4.74 Å². The number of halogens is 2. The summed E-state index contributed by atoms with van der Waals surface area (Å²) in [5.41, 5.74) is 4.02. The molecule has 3 atom stereocenters. The van der Waals surface area contributed by atoms with E-state index in [1.807, 2.05) is 6.92 Å². The van der Waals surface area contributed by atoms with Crippen LogP contribution in [0, 0.1) is 31.6 Å². The third kappa shape index (κ3) is 10.4. The summed E-state index contributed by atoms with van der Waals surface area (Å²) in [6, 6.07) is 0. The topological polar surface area (TPSA) is 32.7 Å². The Balaban J connectivity index is 1.92. The van der Waals surface area contributed by atoms with E-state index in [0.29, 0.717) is 24.1 Å². The van der Waals surface area contributed by atoms with Gasteiger partial charge in [0.25, 0.3) is 0 Å². The zero-order valence-electron chi connectivity index (χ0n) is 25.6. The Bertz CT molecular complexity index is 837. The minimum atomic E-state index is -0.144. The second-order valence-electron chi connectivity index (χ2n) is 12.9. The highest BCUT2D eigenvalue weighted by Gasteiger charge is 2.35. The van der Waals surface area contributed by atoms with Gasteiger partial charge in [-0.3, -0.25) is 4.90 Å². The summed E-state index contributed by atoms with van der Waals surface area (Å²) in [6.45, 7) is 18.1. The van der Waals surface area contributed by atoms with E-state index < -0.39 is 0 Å². The van der Waals surface area contributed by atoms with Crippen LogP contribution in [-0.4, -0.2) is 40.5 Å². The highest BCUT2D eigenvalue weighted by atomic mass is 35.5. The molecule has 1 aromatic carbocycles. The zero-order valence-corrected chi connectivity index (χ0v) is 27.1. The lowest BCUT2D eigenvalue weighted by Crippen LogP contribution is -2.37. The van der Waals surface area contributed by atoms with Crippen molar-refractivity contribution in [2.75, 3.05) is 24.8 Å². The summed E-state index contributed by atoms with van der Waals surface area (Å²) in [6.07, 6.45) is 13.7. The quantitative estimate of drug-likeness (QED) is 0.178. The number of ether oxygens (including phenoxy) is 1. The molecule has 3 unspecified atom stereocenters. The monoisotopic (exact) mass is 569 g/mol. The maximum atomic E-state index is 11.1. The Labute approximate surface area is 245 Å². The molecule has 38 heavy (non-hydrogen) atoms. The van der Waals surface area contributed by atoms with Gasteiger partial charge < -0.3 is 9.84 Å². The lowest BCUT2D eigenvalue weighted by Gasteiger charge is -2.39. The van der Waals surface area contributed by atoms with Gasteiger partial charge in [-0.05, 0) is 75.3 Å². The molecule has 0 radical (unpaired) electrons. The van der Waals surface area contributed by atoms with Crippen molar-refractivity contribution in [2.45, 2.75) is 131 Å². The molecule has 0 aliphatic carbocycles. The number of phenolic OH excluding ortho intramolecular Hbond substituents is 1. The maximum Gasteiger partial charge on any atom is 0.127 e. The Hall–Kier alpha value is -0.640. The summed E-state index contributed by atoms with van der Waals surface area (Å²) >= 11 is 12.1. The highest BCUT2D eigenvalue weighted by Crippen LogP contribution is 2.45. The molecule has 1 heterocycles. The molecule has 3 nitrogen and oxygen atoms in total. The fraction of sp³-hybridized carbons (Fsp3) is 0.818. The largest absolute Gasteiger partial charge is 0.507 e. The number of rotatable bonds is 18. The van der Waals surface area contributed by atoms with Gasteiger partial charge in [-0.1, -0.05) is 72.6 Å². The van der Waals surface area contributed by atoms with E-state index >= 15 is 0 Å². The maximum absolute atomic E-state index is 11.1. The summed E-state index contributed by atoms with van der Waals surface area (Å²) in [5, 5.41) is 11.1. The number of hydrogen-bond donors (Lipinski definition) is 1. The molecule has 2 rings (SSSR count). The van der Waals surface area contributed by atoms with Crippen LogP contribution in [0.5, 0.6) is 11.5 Å². The SMILES string of the molecule is Cc1c(C)c2c(c(CN(CCCl)CCCl)c1O)CCC(C)(CCCC(C)CCCC(C)CCCC(C)C)O2. The van der Waals surface area contributed by atoms with Gasteiger partial charge in [-0.25, -0.2) is 0 Å². The lowest BCUT2D eigenvalue weighted by atomic mass is 9.83. The predicted octanol–water partition coefficient (Wildman–Crippen LogP) is 9.81. The molecule has 0 bridgehead atoms. The molecule has 0 saturated heterocycles. The molecule has 1 aliphatic rings. The van der Waals surface area contributed by atoms with Crippen molar-refractivity contribution in [3.05, 3.63) is 22.3 Å². The van der Waals surface area contributed by atoms with Crippen molar-refractivity contribution in [3.63, 3.8) is 0 Å². The van der Waals surface area contributed by atoms with E-state index in [0.717, 1.165) is 72.5 Å². The molecule has 1 aromatic rings. The Morgan fingerprint density at radius 3 is 1.97 bits per heavy atom. The predicted molar refractivity (Wildman–Crippen MR) is 166 cm³/mol. The van der Waals surface area contributed by atoms with Crippen LogP contribution >= 0.6 is 23.2 Å². The average Bonchev–Trinajstić information content (AvgIpc) is 2.85. The number of nitrogens with zero attached hydrogens (tertiary/aromatic N) is 1. The first-order valence-corrected chi connectivity index (χ1v) is 16.4. The molecule has 0 spiro atoms. The standard InChI is InChI=1S/C33H57Cl2NO2/c1-24(2)11-8-12-25(3)13-9-14-26(4)15-10-17-33(7)18-16-29-30(23-36(21-19-34)22-20-35)31(37)27(5)28(6)32(29)38-33/h24-26,37H,8-23H2,1-7H3. The van der Waals surface area contributed by atoms with Crippen molar-refractivity contribution in [3.8, 4) is 11.5 Å². The second kappa shape index (κ2) is 16.6. The number of aromatic hydroxyl groups is 1. The minimum Gasteiger partial charge on any atom is -0.507 e. The van der Waals surface area contributed by atoms with Crippen LogP contribution in [-0.2, 0) is 13.0 Å². The van der Waals surface area contributed by atoms with Gasteiger partial charge in [-0.15, -0.1) is 23.2 Å². The highest BCUT2D eigenvalue weighted by molar-refractivity contribution is 6.18. The number of alkyl halides is 2. The van der Waals surface area contributed by atoms with Crippen molar-refractivity contribution in [2.24, 2.45) is 17.8 Å². The normalized spacial score (nSPS) is 19.0. The molecule has 0 saturated carbocycles. The third-order valence-corrected chi connectivity index (χ3v) is 9.23. The van der Waals surface area contributed by atoms with Crippen molar-refractivity contribution in [1.82, 2.24) is 4.90 Å². The van der Waals surface area contributed by atoms with E-state index in [2.05, 4.69) is 46.4 Å². The van der Waals surface area contributed by atoms with E-state index in [-0.39, 0.29) is 5.60 Å². The molecular formula is C33H57Cl2NO2. The van der Waals surface area contributed by atoms with Gasteiger partial charge >= 0.3 is 0 Å². The van der Waals surface area contributed by atoms with Crippen LogP contribution in [0.4, 0.5) is 0 Å². The van der Waals surface area contributed by atoms with Gasteiger partial charge in [0.2, 0.25) is 0 Å². The van der Waals surface area contributed by atoms with Crippen molar-refractivity contribution in [1.29, 1.82) is 0 Å². The van der Waals surface area contributed by atoms with Gasteiger partial charge in [0.15, 0.2) is 0 Å². The smallest absolute Gasteiger partial charge is 0.127 e. The van der Waals surface area contributed by atoms with Gasteiger partial charge in [0, 0.05) is 42.5 Å². The fourth-order valence-corrected chi connectivity index (χ4v) is 6.53. The molecule has 220 valence electrons. The molecule has 1 N–H and O–H groups in total. The number of fused-ring (bicyclic) bond motifs is 1. The van der Waals surface area contributed by atoms with Crippen LogP contribution in [0.2, 0.25) is 0 Å². The zero-order chi connectivity index (χ0) is 28.3. The van der Waals surface area contributed by atoms with E-state index in [1.54, 1.807) is 0 Å². The fourth-order valence-electron chi connectivity index (χ4n) is 6.05. The lowest BCUT2D eigenvalue weighted by molar-refractivity contribution is 0.0508. The van der Waals surface area contributed by atoms with E-state index in [9.17, 15) is 5.11 Å². The molecular weight excluding hydrogens is 513 g/mol. The van der Waals surface area contributed by atoms with E-state index in [4.69, 9.17) is 27.9 Å². The van der Waals surface area contributed by atoms with E-state index in [1.165, 1.54) is 56.9 Å². The summed E-state index contributed by atoms with van der Waals surface area (Å²) in [5.74, 6) is 4.99. The first-order valence-electron chi connectivity index (χ1n) is 15.4. The van der Waals surface area contributed by atoms with Gasteiger partial charge in [0.1, 0.15) is 17.1 Å². The number of phenols is 1. The van der Waals surface area contributed by atoms with Gasteiger partial charge in [-0.2, -0.15) is 0 Å². The number of benzene rings is 1. The summed E-state index contributed by atoms with van der Waals surface area (Å²) in [7, 11) is 0. The van der Waals surface area contributed by atoms with Crippen LogP contribution in [0.3, 0.4) is 0 Å². The average molecular weight is 571 g/mol. The Morgan fingerprint density at radius 1 is 0.868 bits per heavy atom. The third-order valence-electron chi connectivity index (χ3n) is 8.89. The Morgan fingerprint density at radius 2 is 1.42 bits per heavy atom. The summed E-state index contributed by atoms with van der Waals surface area (Å²) in [4.78, 5) is 2.23. The van der Waals surface area contributed by atoms with Crippen LogP contribution in [0.1, 0.15) is 121 Å². The molecule has 0 amide bonds. The first-order chi connectivity index (χ1) is 18.0. The molecule has 5 heteroatoms. The number of hydrogen-bond acceptors (Lipinski definition) is 3. The molecule has 0 aromatic heterocycles. The second-order valence-corrected chi connectivity index (χ2v) is 13.7. The molecule has 1 aliphatic heterocycles. The van der Waals surface area contributed by atoms with Gasteiger partial charge in [0.05, 0.1) is 0 Å². The minimum absolute atomic E-state index is 0.144. The summed E-state index contributed by atoms with van der Waals surface area (Å²) < 4.78 is 6.80. The van der Waals surface area contributed by atoms with Crippen molar-refractivity contribution < 1.29 is 9.84 Å². The Kier molecular flexibility index (Phi) is 14.6. The van der Waals surface area contributed by atoms with Crippen LogP contribution in [0.15, 0.2) is 0 Å². The van der Waals surface area contributed by atoms with Crippen molar-refractivity contribution >= 4 is 23.2 Å². The molecule has 0 fully saturated rings.